The smallest absolute Gasteiger partial charge is 0.381 e. The second-order valence-electron chi connectivity index (χ2n) is 11.5. The minimum Gasteiger partial charge on any atom is -0.533 e. The molecule has 17 heteroatoms. The Morgan fingerprint density at radius 2 is 1.48 bits per heavy atom. The summed E-state index contributed by atoms with van der Waals surface area (Å²) in [6, 6.07) is 8.12. The summed E-state index contributed by atoms with van der Waals surface area (Å²) in [6.45, 7) is 2.67. The number of rotatable bonds is 21. The Hall–Kier alpha value is -4.90. The molecule has 1 aromatic carbocycles. The zero-order chi connectivity index (χ0) is 35.6. The second kappa shape index (κ2) is 20.4. The zero-order valence-electron chi connectivity index (χ0n) is 27.5. The van der Waals surface area contributed by atoms with E-state index < -0.39 is 74.2 Å². The molecule has 0 aliphatic rings. The van der Waals surface area contributed by atoms with Crippen LogP contribution in [0.5, 0.6) is 0 Å². The third kappa shape index (κ3) is 15.1. The summed E-state index contributed by atoms with van der Waals surface area (Å²) in [7, 11) is 1.17. The summed E-state index contributed by atoms with van der Waals surface area (Å²) in [5.41, 5.74) is 0.836. The summed E-state index contributed by atoms with van der Waals surface area (Å²) >= 11 is 0. The van der Waals surface area contributed by atoms with Gasteiger partial charge in [0.25, 0.3) is 5.91 Å². The highest BCUT2D eigenvalue weighted by Gasteiger charge is 2.32. The SMILES string of the molecule is COC(=O)CN(CCN(CC(=O)O)CC(=O)O)CC(=O)OB(C)[C@H](CC(C)C)NC(=O)[C@H](Cc1ccccc1)NC(=O)c1cnccn1. The van der Waals surface area contributed by atoms with E-state index >= 15 is 0 Å². The fourth-order valence-electron chi connectivity index (χ4n) is 4.72. The molecule has 0 bridgehead atoms. The van der Waals surface area contributed by atoms with Crippen LogP contribution in [0.1, 0.15) is 36.3 Å². The average molecular weight is 671 g/mol. The summed E-state index contributed by atoms with van der Waals surface area (Å²) < 4.78 is 10.4. The molecule has 16 nitrogen and oxygen atoms in total. The molecule has 260 valence electrons. The average Bonchev–Trinajstić information content (AvgIpc) is 3.02. The molecular weight excluding hydrogens is 627 g/mol. The van der Waals surface area contributed by atoms with Crippen LogP contribution in [0.25, 0.3) is 0 Å². The predicted octanol–water partition coefficient (Wildman–Crippen LogP) is -0.00150. The third-order valence-corrected chi connectivity index (χ3v) is 7.02. The molecular formula is C31H43BN6O10. The van der Waals surface area contributed by atoms with Crippen LogP contribution in [0.15, 0.2) is 48.9 Å². The Balaban J connectivity index is 2.17. The maximum absolute atomic E-state index is 13.7. The molecule has 1 heterocycles. The first kappa shape index (κ1) is 39.3. The molecule has 0 saturated carbocycles. The molecule has 0 radical (unpaired) electrons. The summed E-state index contributed by atoms with van der Waals surface area (Å²) in [4.78, 5) is 84.5. The third-order valence-electron chi connectivity index (χ3n) is 7.02. The van der Waals surface area contributed by atoms with Gasteiger partial charge in [0.2, 0.25) is 5.91 Å². The van der Waals surface area contributed by atoms with Gasteiger partial charge in [0, 0.05) is 37.8 Å². The van der Waals surface area contributed by atoms with Gasteiger partial charge in [-0.05, 0) is 24.7 Å². The highest BCUT2D eigenvalue weighted by molar-refractivity contribution is 6.54. The number of esters is 1. The number of nitrogens with one attached hydrogen (secondary N) is 2. The Kier molecular flexibility index (Phi) is 16.7. The molecule has 0 fully saturated rings. The number of hydrogen-bond donors (Lipinski definition) is 4. The molecule has 2 atom stereocenters. The Bertz CT molecular complexity index is 1350. The van der Waals surface area contributed by atoms with Crippen molar-refractivity contribution < 1.29 is 48.4 Å². The van der Waals surface area contributed by atoms with Crippen LogP contribution < -0.4 is 10.6 Å². The van der Waals surface area contributed by atoms with Crippen LogP contribution in [0.2, 0.25) is 6.82 Å². The van der Waals surface area contributed by atoms with E-state index in [0.29, 0.717) is 6.42 Å². The molecule has 0 unspecified atom stereocenters. The van der Waals surface area contributed by atoms with Crippen LogP contribution in [-0.4, -0.2) is 131 Å². The number of aromatic nitrogens is 2. The lowest BCUT2D eigenvalue weighted by molar-refractivity contribution is -0.146. The standard InChI is InChI=1S/C31H43BN6O10/c1-21(2)14-25(36-30(45)23(15-22-8-6-5-7-9-22)35-31(46)24-16-33-10-11-34-24)32(3)48-29(44)20-38(19-28(43)47-4)13-12-37(17-26(39)40)18-27(41)42/h5-11,16,21,23,25H,12-15,17-20H2,1-4H3,(H,35,46)(H,36,45)(H,39,40)(H,41,42)/t23-,25-/m0/s1. The second-order valence-corrected chi connectivity index (χ2v) is 11.5. The van der Waals surface area contributed by atoms with Gasteiger partial charge in [0.15, 0.2) is 0 Å². The molecule has 4 N–H and O–H groups in total. The van der Waals surface area contributed by atoms with E-state index in [1.54, 1.807) is 6.82 Å². The van der Waals surface area contributed by atoms with Crippen LogP contribution in [0, 0.1) is 5.92 Å². The van der Waals surface area contributed by atoms with E-state index in [9.17, 15) is 28.8 Å². The van der Waals surface area contributed by atoms with Crippen LogP contribution in [0.3, 0.4) is 0 Å². The number of carboxylic acids is 2. The number of amides is 2. The van der Waals surface area contributed by atoms with E-state index in [0.717, 1.165) is 10.5 Å². The molecule has 1 aromatic heterocycles. The van der Waals surface area contributed by atoms with Crippen molar-refractivity contribution in [2.45, 2.75) is 45.5 Å². The summed E-state index contributed by atoms with van der Waals surface area (Å²) in [5, 5.41) is 23.9. The van der Waals surface area contributed by atoms with Crippen molar-refractivity contribution in [1.29, 1.82) is 0 Å². The molecule has 48 heavy (non-hydrogen) atoms. The van der Waals surface area contributed by atoms with E-state index in [1.165, 1.54) is 30.6 Å². The van der Waals surface area contributed by atoms with Gasteiger partial charge in [-0.2, -0.15) is 0 Å². The lowest BCUT2D eigenvalue weighted by atomic mass is 9.60. The normalized spacial score (nSPS) is 12.2. The molecule has 0 aliphatic carbocycles. The number of carbonyl (C=O) groups is 6. The minimum absolute atomic E-state index is 0.0370. The number of nitrogens with zero attached hydrogens (tertiary/aromatic N) is 4. The number of ether oxygens (including phenoxy) is 1. The number of methoxy groups -OCH3 is 1. The van der Waals surface area contributed by atoms with Crippen molar-refractivity contribution in [3.63, 3.8) is 0 Å². The minimum atomic E-state index is -1.23. The van der Waals surface area contributed by atoms with Gasteiger partial charge in [-0.3, -0.25) is 43.6 Å². The van der Waals surface area contributed by atoms with Gasteiger partial charge in [0.1, 0.15) is 11.7 Å². The fraction of sp³-hybridized carbons (Fsp3) is 0.484. The number of carboxylic acid groups (broad SMARTS) is 2. The van der Waals surface area contributed by atoms with Crippen molar-refractivity contribution in [3.05, 3.63) is 60.2 Å². The molecule has 0 aliphatic heterocycles. The predicted molar refractivity (Wildman–Crippen MR) is 173 cm³/mol. The quantitative estimate of drug-likeness (QED) is 0.102. The lowest BCUT2D eigenvalue weighted by Gasteiger charge is -2.28. The van der Waals surface area contributed by atoms with E-state index in [4.69, 9.17) is 19.6 Å². The van der Waals surface area contributed by atoms with Gasteiger partial charge in [0.05, 0.1) is 39.5 Å². The van der Waals surface area contributed by atoms with E-state index in [2.05, 4.69) is 20.6 Å². The number of aliphatic carboxylic acids is 2. The van der Waals surface area contributed by atoms with Crippen LogP contribution >= 0.6 is 0 Å². The van der Waals surface area contributed by atoms with Gasteiger partial charge in [-0.15, -0.1) is 0 Å². The largest absolute Gasteiger partial charge is 0.533 e. The molecule has 0 saturated heterocycles. The maximum atomic E-state index is 13.7. The number of carbonyl (C=O) groups excluding carboxylic acids is 4. The summed E-state index contributed by atoms with van der Waals surface area (Å²) in [5.74, 6) is -5.56. The number of hydrogen-bond acceptors (Lipinski definition) is 12. The fourth-order valence-corrected chi connectivity index (χ4v) is 4.72. The first-order valence-electron chi connectivity index (χ1n) is 15.3. The first-order valence-corrected chi connectivity index (χ1v) is 15.3. The molecule has 0 spiro atoms. The monoisotopic (exact) mass is 670 g/mol. The maximum Gasteiger partial charge on any atom is 0.381 e. The number of benzene rings is 1. The lowest BCUT2D eigenvalue weighted by Crippen LogP contribution is -2.55. The highest BCUT2D eigenvalue weighted by atomic mass is 16.5. The van der Waals surface area contributed by atoms with Gasteiger partial charge >= 0.3 is 30.8 Å². The van der Waals surface area contributed by atoms with E-state index in [-0.39, 0.29) is 37.7 Å². The zero-order valence-corrected chi connectivity index (χ0v) is 27.5. The Labute approximate surface area is 279 Å². The molecule has 2 aromatic rings. The highest BCUT2D eigenvalue weighted by Crippen LogP contribution is 2.12. The van der Waals surface area contributed by atoms with Crippen molar-refractivity contribution >= 4 is 42.6 Å². The molecule has 2 rings (SSSR count). The Morgan fingerprint density at radius 3 is 2.02 bits per heavy atom. The topological polar surface area (TPSA) is 218 Å². The van der Waals surface area contributed by atoms with Crippen molar-refractivity contribution in [2.75, 3.05) is 46.4 Å². The van der Waals surface area contributed by atoms with Crippen LogP contribution in [0.4, 0.5) is 0 Å². The van der Waals surface area contributed by atoms with Gasteiger partial charge in [-0.1, -0.05) is 44.2 Å². The summed E-state index contributed by atoms with van der Waals surface area (Å²) in [6.07, 6.45) is 4.66. The Morgan fingerprint density at radius 1 is 0.875 bits per heavy atom. The van der Waals surface area contributed by atoms with E-state index in [1.807, 2.05) is 44.2 Å². The van der Waals surface area contributed by atoms with Crippen LogP contribution in [-0.2, 0) is 39.8 Å². The van der Waals surface area contributed by atoms with Crippen molar-refractivity contribution in [3.8, 4) is 0 Å². The van der Waals surface area contributed by atoms with Crippen molar-refractivity contribution in [2.24, 2.45) is 5.92 Å². The van der Waals surface area contributed by atoms with Crippen molar-refractivity contribution in [1.82, 2.24) is 30.4 Å². The molecule has 2 amide bonds. The first-order chi connectivity index (χ1) is 22.8. The van der Waals surface area contributed by atoms with Gasteiger partial charge in [-0.25, -0.2) is 4.98 Å². The van der Waals surface area contributed by atoms with Gasteiger partial charge < -0.3 is 30.2 Å².